The first-order valence-electron chi connectivity index (χ1n) is 8.10. The van der Waals surface area contributed by atoms with Crippen molar-refractivity contribution in [1.29, 1.82) is 0 Å². The van der Waals surface area contributed by atoms with Crippen molar-refractivity contribution in [2.45, 2.75) is 70.4 Å². The summed E-state index contributed by atoms with van der Waals surface area (Å²) in [4.78, 5) is 0. The van der Waals surface area contributed by atoms with E-state index in [1.165, 1.54) is 0 Å². The summed E-state index contributed by atoms with van der Waals surface area (Å²) in [7, 11) is 1.61. The molecular weight excluding hydrogens is 272 g/mol. The van der Waals surface area contributed by atoms with Gasteiger partial charge in [0.2, 0.25) is 0 Å². The van der Waals surface area contributed by atoms with Gasteiger partial charge in [0.15, 0.2) is 18.4 Å². The van der Waals surface area contributed by atoms with Crippen LogP contribution < -0.4 is 0 Å². The first kappa shape index (κ1) is 15.7. The fraction of sp³-hybridized carbons (Fsp3) is 1.00. The van der Waals surface area contributed by atoms with Crippen LogP contribution in [0.4, 0.5) is 0 Å². The van der Waals surface area contributed by atoms with Gasteiger partial charge in [0.25, 0.3) is 0 Å². The zero-order valence-corrected chi connectivity index (χ0v) is 13.4. The van der Waals surface area contributed by atoms with E-state index in [0.717, 1.165) is 19.3 Å². The van der Waals surface area contributed by atoms with Gasteiger partial charge >= 0.3 is 0 Å². The minimum Gasteiger partial charge on any atom is -0.384 e. The molecule has 1 saturated carbocycles. The molecule has 5 nitrogen and oxygen atoms in total. The average Bonchev–Trinajstić information content (AvgIpc) is 2.50. The predicted molar refractivity (Wildman–Crippen MR) is 76.1 cm³/mol. The van der Waals surface area contributed by atoms with Crippen LogP contribution in [0.5, 0.6) is 0 Å². The van der Waals surface area contributed by atoms with Crippen molar-refractivity contribution < 1.29 is 24.4 Å². The lowest BCUT2D eigenvalue weighted by atomic mass is 9.58. The average molecular weight is 300 g/mol. The van der Waals surface area contributed by atoms with Crippen LogP contribution in [0, 0.1) is 23.7 Å². The molecule has 21 heavy (non-hydrogen) atoms. The van der Waals surface area contributed by atoms with Gasteiger partial charge in [-0.25, -0.2) is 0 Å². The zero-order chi connectivity index (χ0) is 15.4. The molecule has 3 rings (SSSR count). The van der Waals surface area contributed by atoms with E-state index in [9.17, 15) is 10.2 Å². The van der Waals surface area contributed by atoms with Crippen molar-refractivity contribution in [2.24, 2.45) is 23.7 Å². The van der Waals surface area contributed by atoms with Crippen LogP contribution in [-0.2, 0) is 14.2 Å². The number of hydrogen-bond acceptors (Lipinski definition) is 5. The van der Waals surface area contributed by atoms with Gasteiger partial charge in [0, 0.05) is 25.4 Å². The summed E-state index contributed by atoms with van der Waals surface area (Å²) in [6.45, 7) is 5.91. The van der Waals surface area contributed by atoms with Gasteiger partial charge in [-0.05, 0) is 38.0 Å². The summed E-state index contributed by atoms with van der Waals surface area (Å²) in [5.74, 6) is -0.577. The highest BCUT2D eigenvalue weighted by molar-refractivity contribution is 5.06. The summed E-state index contributed by atoms with van der Waals surface area (Å²) < 4.78 is 17.1. The minimum atomic E-state index is -1.26. The Hall–Kier alpha value is -0.200. The molecule has 0 radical (unpaired) electrons. The van der Waals surface area contributed by atoms with Gasteiger partial charge in [0.1, 0.15) is 5.60 Å². The molecule has 2 aliphatic heterocycles. The van der Waals surface area contributed by atoms with E-state index in [2.05, 4.69) is 13.8 Å². The summed E-state index contributed by atoms with van der Waals surface area (Å²) >= 11 is 0. The van der Waals surface area contributed by atoms with Gasteiger partial charge in [-0.15, -0.1) is 0 Å². The van der Waals surface area contributed by atoms with E-state index in [-0.39, 0.29) is 17.8 Å². The maximum Gasteiger partial charge on any atom is 0.193 e. The number of rotatable bonds is 1. The molecule has 0 aromatic heterocycles. The van der Waals surface area contributed by atoms with Crippen molar-refractivity contribution in [3.05, 3.63) is 0 Å². The fourth-order valence-corrected chi connectivity index (χ4v) is 4.80. The van der Waals surface area contributed by atoms with Crippen LogP contribution >= 0.6 is 0 Å². The molecule has 0 aromatic rings. The first-order chi connectivity index (χ1) is 9.79. The molecule has 0 amide bonds. The second kappa shape index (κ2) is 5.17. The van der Waals surface area contributed by atoms with Crippen molar-refractivity contribution in [2.75, 3.05) is 7.11 Å². The number of aliphatic hydroxyl groups is 2. The molecule has 122 valence electrons. The molecule has 0 aromatic carbocycles. The third-order valence-corrected chi connectivity index (χ3v) is 6.02. The second-order valence-corrected chi connectivity index (χ2v) is 7.42. The van der Waals surface area contributed by atoms with E-state index in [0.29, 0.717) is 12.3 Å². The largest absolute Gasteiger partial charge is 0.384 e. The van der Waals surface area contributed by atoms with E-state index < -0.39 is 24.0 Å². The SMILES string of the molecule is COC1O[C@@H]2OC(C)(O)CCC3[C@H](C)CCC([C@H]1C)[C@]32O. The van der Waals surface area contributed by atoms with Gasteiger partial charge in [-0.2, -0.15) is 0 Å². The Balaban J connectivity index is 2.01. The van der Waals surface area contributed by atoms with Crippen molar-refractivity contribution in [1.82, 2.24) is 0 Å². The lowest BCUT2D eigenvalue weighted by molar-refractivity contribution is -0.405. The van der Waals surface area contributed by atoms with Gasteiger partial charge in [0.05, 0.1) is 0 Å². The lowest BCUT2D eigenvalue weighted by Crippen LogP contribution is -2.66. The molecule has 1 aliphatic carbocycles. The molecule has 8 atom stereocenters. The maximum absolute atomic E-state index is 11.5. The Bertz CT molecular complexity index is 398. The molecule has 5 heteroatoms. The van der Waals surface area contributed by atoms with Gasteiger partial charge < -0.3 is 24.4 Å². The number of methoxy groups -OCH3 is 1. The van der Waals surface area contributed by atoms with Crippen LogP contribution in [-0.4, -0.2) is 41.3 Å². The molecule has 0 bridgehead atoms. The number of ether oxygens (including phenoxy) is 3. The van der Waals surface area contributed by atoms with Crippen LogP contribution in [0.25, 0.3) is 0 Å². The Kier molecular flexibility index (Phi) is 3.86. The summed E-state index contributed by atoms with van der Waals surface area (Å²) in [6, 6.07) is 0. The maximum atomic E-state index is 11.5. The van der Waals surface area contributed by atoms with Gasteiger partial charge in [-0.3, -0.25) is 0 Å². The summed E-state index contributed by atoms with van der Waals surface area (Å²) in [5, 5.41) is 21.9. The lowest BCUT2D eigenvalue weighted by Gasteiger charge is -2.57. The molecule has 2 saturated heterocycles. The molecule has 3 aliphatic rings. The highest BCUT2D eigenvalue weighted by atomic mass is 16.8. The smallest absolute Gasteiger partial charge is 0.193 e. The number of hydrogen-bond donors (Lipinski definition) is 2. The fourth-order valence-electron chi connectivity index (χ4n) is 4.80. The van der Waals surface area contributed by atoms with E-state index in [1.807, 2.05) is 0 Å². The van der Waals surface area contributed by atoms with Crippen molar-refractivity contribution in [3.63, 3.8) is 0 Å². The highest BCUT2D eigenvalue weighted by Gasteiger charge is 2.63. The third kappa shape index (κ3) is 2.34. The summed E-state index contributed by atoms with van der Waals surface area (Å²) in [5.41, 5.74) is -1.04. The standard InChI is InChI=1S/C16H28O5/c1-9-5-6-12-10(2)13(19-4)20-14-16(12,18)11(9)7-8-15(3,17)21-14/h9-14,17-18H,5-8H2,1-4H3/t9-,10-,11?,12?,13?,14-,15?,16-/m1/s1. The molecule has 0 spiro atoms. The Morgan fingerprint density at radius 1 is 1.10 bits per heavy atom. The monoisotopic (exact) mass is 300 g/mol. The van der Waals surface area contributed by atoms with Crippen LogP contribution in [0.2, 0.25) is 0 Å². The van der Waals surface area contributed by atoms with E-state index in [1.54, 1.807) is 14.0 Å². The summed E-state index contributed by atoms with van der Waals surface area (Å²) in [6.07, 6.45) is 2.08. The third-order valence-electron chi connectivity index (χ3n) is 6.02. The second-order valence-electron chi connectivity index (χ2n) is 7.42. The van der Waals surface area contributed by atoms with Crippen LogP contribution in [0.15, 0.2) is 0 Å². The van der Waals surface area contributed by atoms with Gasteiger partial charge in [-0.1, -0.05) is 13.8 Å². The molecule has 2 N–H and O–H groups in total. The quantitative estimate of drug-likeness (QED) is 0.773. The first-order valence-corrected chi connectivity index (χ1v) is 8.10. The highest BCUT2D eigenvalue weighted by Crippen LogP contribution is 2.55. The minimum absolute atomic E-state index is 0.0799. The Labute approximate surface area is 126 Å². The predicted octanol–water partition coefficient (Wildman–Crippen LogP) is 1.86. The normalized spacial score (nSPS) is 57.4. The Morgan fingerprint density at radius 3 is 2.48 bits per heavy atom. The van der Waals surface area contributed by atoms with Crippen molar-refractivity contribution in [3.8, 4) is 0 Å². The molecule has 4 unspecified atom stereocenters. The van der Waals surface area contributed by atoms with E-state index in [4.69, 9.17) is 14.2 Å². The topological polar surface area (TPSA) is 68.2 Å². The van der Waals surface area contributed by atoms with E-state index >= 15 is 0 Å². The molecule has 3 fully saturated rings. The molecular formula is C16H28O5. The Morgan fingerprint density at radius 2 is 1.81 bits per heavy atom. The van der Waals surface area contributed by atoms with Crippen molar-refractivity contribution >= 4 is 0 Å². The van der Waals surface area contributed by atoms with Crippen LogP contribution in [0.1, 0.15) is 46.5 Å². The van der Waals surface area contributed by atoms with Crippen LogP contribution in [0.3, 0.4) is 0 Å². The molecule has 2 heterocycles. The zero-order valence-electron chi connectivity index (χ0n) is 13.4.